The molecule has 0 aromatic carbocycles. The van der Waals surface area contributed by atoms with Gasteiger partial charge >= 0.3 is 0 Å². The molecule has 4 nitrogen and oxygen atoms in total. The van der Waals surface area contributed by atoms with Gasteiger partial charge in [0.15, 0.2) is 6.79 Å². The third kappa shape index (κ3) is 3.12. The lowest BCUT2D eigenvalue weighted by molar-refractivity contribution is -0.370. The van der Waals surface area contributed by atoms with Gasteiger partial charge in [0.25, 0.3) is 5.97 Å². The summed E-state index contributed by atoms with van der Waals surface area (Å²) in [5.41, 5.74) is 0. The summed E-state index contributed by atoms with van der Waals surface area (Å²) in [7, 11) is 2.85. The first-order valence-corrected chi connectivity index (χ1v) is 3.09. The van der Waals surface area contributed by atoms with Crippen LogP contribution in [0.5, 0.6) is 0 Å². The Morgan fingerprint density at radius 2 is 2.00 bits per heavy atom. The molecule has 0 bridgehead atoms. The van der Waals surface area contributed by atoms with Gasteiger partial charge in [0.2, 0.25) is 0 Å². The monoisotopic (exact) mass is 150 g/mol. The molecule has 10 heavy (non-hydrogen) atoms. The molecule has 0 aromatic rings. The van der Waals surface area contributed by atoms with E-state index in [1.165, 1.54) is 14.2 Å². The molecule has 0 spiro atoms. The summed E-state index contributed by atoms with van der Waals surface area (Å²) in [6.45, 7) is 1.78. The molecule has 1 N–H and O–H groups in total. The minimum Gasteiger partial charge on any atom is -0.358 e. The third-order valence-electron chi connectivity index (χ3n) is 1.17. The van der Waals surface area contributed by atoms with Crippen LogP contribution in [0.4, 0.5) is 0 Å². The van der Waals surface area contributed by atoms with Gasteiger partial charge in [0.05, 0.1) is 0 Å². The van der Waals surface area contributed by atoms with Crippen LogP contribution in [0.1, 0.15) is 13.3 Å². The van der Waals surface area contributed by atoms with E-state index in [1.807, 2.05) is 0 Å². The Bertz CT molecular complexity index is 79.8. The topological polar surface area (TPSA) is 47.9 Å². The van der Waals surface area contributed by atoms with Gasteiger partial charge in [-0.1, -0.05) is 6.92 Å². The highest BCUT2D eigenvalue weighted by atomic mass is 16.8. The summed E-state index contributed by atoms with van der Waals surface area (Å²) < 4.78 is 14.0. The van der Waals surface area contributed by atoms with Crippen LogP contribution >= 0.6 is 0 Å². The third-order valence-corrected chi connectivity index (χ3v) is 1.17. The van der Waals surface area contributed by atoms with Gasteiger partial charge in [-0.05, 0) is 0 Å². The van der Waals surface area contributed by atoms with Crippen LogP contribution in [0.25, 0.3) is 0 Å². The molecule has 1 unspecified atom stereocenters. The molecule has 0 radical (unpaired) electrons. The highest BCUT2D eigenvalue weighted by Gasteiger charge is 2.24. The van der Waals surface area contributed by atoms with Gasteiger partial charge in [-0.3, -0.25) is 0 Å². The molecule has 0 aliphatic heterocycles. The summed E-state index contributed by atoms with van der Waals surface area (Å²) in [6, 6.07) is 0. The van der Waals surface area contributed by atoms with Crippen molar-refractivity contribution >= 4 is 0 Å². The highest BCUT2D eigenvalue weighted by Crippen LogP contribution is 2.11. The molecule has 62 valence electrons. The van der Waals surface area contributed by atoms with E-state index in [0.29, 0.717) is 6.42 Å². The molecule has 0 amide bonds. The average molecular weight is 150 g/mol. The smallest absolute Gasteiger partial charge is 0.281 e. The van der Waals surface area contributed by atoms with Crippen molar-refractivity contribution in [2.24, 2.45) is 0 Å². The van der Waals surface area contributed by atoms with Crippen LogP contribution < -0.4 is 0 Å². The Balaban J connectivity index is 3.58. The van der Waals surface area contributed by atoms with Gasteiger partial charge in [0, 0.05) is 20.6 Å². The Labute approximate surface area is 60.7 Å². The summed E-state index contributed by atoms with van der Waals surface area (Å²) in [5, 5.41) is 9.24. The fraction of sp³-hybridized carbons (Fsp3) is 1.00. The molecular weight excluding hydrogens is 136 g/mol. The van der Waals surface area contributed by atoms with E-state index in [4.69, 9.17) is 4.74 Å². The Morgan fingerprint density at radius 1 is 1.40 bits per heavy atom. The Hall–Kier alpha value is -0.160. The van der Waals surface area contributed by atoms with Crippen LogP contribution in [0.2, 0.25) is 0 Å². The maximum Gasteiger partial charge on any atom is 0.281 e. The van der Waals surface area contributed by atoms with Crippen molar-refractivity contribution in [3.8, 4) is 0 Å². The molecule has 0 fully saturated rings. The van der Waals surface area contributed by atoms with E-state index in [9.17, 15) is 5.11 Å². The van der Waals surface area contributed by atoms with E-state index in [1.54, 1.807) is 6.92 Å². The van der Waals surface area contributed by atoms with E-state index in [-0.39, 0.29) is 6.79 Å². The SMILES string of the molecule is CCC(O)(OC)OCOC. The van der Waals surface area contributed by atoms with Crippen LogP contribution in [0.15, 0.2) is 0 Å². The van der Waals surface area contributed by atoms with Gasteiger partial charge in [-0.25, -0.2) is 0 Å². The zero-order chi connectivity index (χ0) is 8.04. The molecule has 1 atom stereocenters. The molecule has 4 heteroatoms. The van der Waals surface area contributed by atoms with E-state index < -0.39 is 5.97 Å². The minimum atomic E-state index is -1.49. The first-order valence-electron chi connectivity index (χ1n) is 3.09. The molecular formula is C6H14O4. The van der Waals surface area contributed by atoms with Gasteiger partial charge in [-0.15, -0.1) is 0 Å². The van der Waals surface area contributed by atoms with Gasteiger partial charge < -0.3 is 19.3 Å². The van der Waals surface area contributed by atoms with Crippen LogP contribution in [-0.2, 0) is 14.2 Å². The summed E-state index contributed by atoms with van der Waals surface area (Å²) in [5.74, 6) is -1.49. The lowest BCUT2D eigenvalue weighted by Gasteiger charge is -2.23. The quantitative estimate of drug-likeness (QED) is 0.573. The predicted octanol–water partition coefficient (Wildman–Crippen LogP) is 0.309. The molecule has 0 heterocycles. The number of rotatable bonds is 5. The molecule has 0 rings (SSSR count). The second-order valence-corrected chi connectivity index (χ2v) is 1.82. The van der Waals surface area contributed by atoms with Crippen molar-refractivity contribution < 1.29 is 19.3 Å². The van der Waals surface area contributed by atoms with Crippen LogP contribution in [-0.4, -0.2) is 32.1 Å². The largest absolute Gasteiger partial charge is 0.358 e. The second-order valence-electron chi connectivity index (χ2n) is 1.82. The van der Waals surface area contributed by atoms with Gasteiger partial charge in [0.1, 0.15) is 0 Å². The summed E-state index contributed by atoms with van der Waals surface area (Å²) in [6.07, 6.45) is 0.368. The van der Waals surface area contributed by atoms with Crippen molar-refractivity contribution in [2.75, 3.05) is 21.0 Å². The van der Waals surface area contributed by atoms with E-state index >= 15 is 0 Å². The number of ether oxygens (including phenoxy) is 3. The van der Waals surface area contributed by atoms with Crippen molar-refractivity contribution in [1.29, 1.82) is 0 Å². The van der Waals surface area contributed by atoms with Crippen molar-refractivity contribution in [1.82, 2.24) is 0 Å². The summed E-state index contributed by atoms with van der Waals surface area (Å²) >= 11 is 0. The number of hydrogen-bond donors (Lipinski definition) is 1. The van der Waals surface area contributed by atoms with Crippen LogP contribution in [0, 0.1) is 0 Å². The lowest BCUT2D eigenvalue weighted by Crippen LogP contribution is -2.34. The zero-order valence-electron chi connectivity index (χ0n) is 6.59. The van der Waals surface area contributed by atoms with E-state index in [2.05, 4.69) is 9.47 Å². The number of hydrogen-bond acceptors (Lipinski definition) is 4. The maximum atomic E-state index is 9.24. The molecule has 0 saturated heterocycles. The first kappa shape index (κ1) is 9.84. The Kier molecular flexibility index (Phi) is 4.55. The number of methoxy groups -OCH3 is 2. The fourth-order valence-corrected chi connectivity index (χ4v) is 0.456. The predicted molar refractivity (Wildman–Crippen MR) is 35.2 cm³/mol. The molecule has 0 aliphatic rings. The van der Waals surface area contributed by atoms with Crippen molar-refractivity contribution in [3.63, 3.8) is 0 Å². The summed E-state index contributed by atoms with van der Waals surface area (Å²) in [4.78, 5) is 0. The van der Waals surface area contributed by atoms with Gasteiger partial charge in [-0.2, -0.15) is 0 Å². The molecule has 0 saturated carbocycles. The lowest BCUT2D eigenvalue weighted by atomic mass is 10.4. The molecule has 0 aromatic heterocycles. The first-order chi connectivity index (χ1) is 4.68. The van der Waals surface area contributed by atoms with Crippen molar-refractivity contribution in [2.45, 2.75) is 19.3 Å². The second kappa shape index (κ2) is 4.62. The number of aliphatic hydroxyl groups is 1. The van der Waals surface area contributed by atoms with Crippen LogP contribution in [0.3, 0.4) is 0 Å². The normalized spacial score (nSPS) is 16.8. The van der Waals surface area contributed by atoms with E-state index in [0.717, 1.165) is 0 Å². The minimum absolute atomic E-state index is 0.0260. The maximum absolute atomic E-state index is 9.24. The zero-order valence-corrected chi connectivity index (χ0v) is 6.59. The standard InChI is InChI=1S/C6H14O4/c1-4-6(7,9-3)10-5-8-2/h7H,4-5H2,1-3H3. The highest BCUT2D eigenvalue weighted by molar-refractivity contribution is 4.45. The average Bonchev–Trinajstić information content (AvgIpc) is 2.00. The van der Waals surface area contributed by atoms with Crippen molar-refractivity contribution in [3.05, 3.63) is 0 Å². The Morgan fingerprint density at radius 3 is 2.30 bits per heavy atom. The molecule has 0 aliphatic carbocycles. The fourth-order valence-electron chi connectivity index (χ4n) is 0.456.